The Morgan fingerprint density at radius 1 is 1.30 bits per heavy atom. The first kappa shape index (κ1) is 17.1. The summed E-state index contributed by atoms with van der Waals surface area (Å²) < 4.78 is 45.2. The van der Waals surface area contributed by atoms with E-state index in [-0.39, 0.29) is 37.6 Å². The Bertz CT molecular complexity index is 619. The fourth-order valence-electron chi connectivity index (χ4n) is 2.24. The minimum Gasteiger partial charge on any atom is -0.444 e. The topological polar surface area (TPSA) is 76.5 Å². The van der Waals surface area contributed by atoms with E-state index in [4.69, 9.17) is 4.74 Å². The standard InChI is InChI=1S/C13H17F3N4O3/c1-12(2,3)23-11(22)19-4-5-20-8(6-19)9(17-7-21)18-10(20)13(14,15)16/h7H,4-6H2,1-3H3,(H,17,21). The molecule has 0 aliphatic carbocycles. The monoisotopic (exact) mass is 334 g/mol. The van der Waals surface area contributed by atoms with Gasteiger partial charge in [-0.1, -0.05) is 0 Å². The van der Waals surface area contributed by atoms with Crippen LogP contribution < -0.4 is 5.32 Å². The van der Waals surface area contributed by atoms with Gasteiger partial charge < -0.3 is 19.5 Å². The molecule has 10 heteroatoms. The number of carbonyl (C=O) groups is 2. The van der Waals surface area contributed by atoms with Crippen LogP contribution in [0.2, 0.25) is 0 Å². The van der Waals surface area contributed by atoms with Gasteiger partial charge in [0.2, 0.25) is 12.2 Å². The van der Waals surface area contributed by atoms with Crippen molar-refractivity contribution in [1.29, 1.82) is 0 Å². The molecule has 0 aromatic carbocycles. The number of hydrogen-bond acceptors (Lipinski definition) is 4. The molecule has 0 saturated heterocycles. The quantitative estimate of drug-likeness (QED) is 0.842. The maximum atomic E-state index is 13.0. The first-order chi connectivity index (χ1) is 10.5. The van der Waals surface area contributed by atoms with Crippen LogP contribution in [0, 0.1) is 0 Å². The summed E-state index contributed by atoms with van der Waals surface area (Å²) >= 11 is 0. The largest absolute Gasteiger partial charge is 0.449 e. The van der Waals surface area contributed by atoms with E-state index < -0.39 is 23.7 Å². The minimum absolute atomic E-state index is 0.0574. The van der Waals surface area contributed by atoms with Gasteiger partial charge in [0, 0.05) is 13.1 Å². The van der Waals surface area contributed by atoms with Crippen LogP contribution in [0.4, 0.5) is 23.8 Å². The lowest BCUT2D eigenvalue weighted by molar-refractivity contribution is -0.147. The molecule has 1 aromatic rings. The van der Waals surface area contributed by atoms with Crippen LogP contribution >= 0.6 is 0 Å². The summed E-state index contributed by atoms with van der Waals surface area (Å²) in [6.45, 7) is 4.92. The molecule has 1 aromatic heterocycles. The number of anilines is 1. The number of nitrogens with one attached hydrogen (secondary N) is 1. The van der Waals surface area contributed by atoms with Crippen molar-refractivity contribution in [3.05, 3.63) is 11.5 Å². The lowest BCUT2D eigenvalue weighted by Crippen LogP contribution is -2.42. The SMILES string of the molecule is CC(C)(C)OC(=O)N1CCn2c(C(F)(F)F)nc(NC=O)c2C1. The molecular weight excluding hydrogens is 317 g/mol. The van der Waals surface area contributed by atoms with Gasteiger partial charge in [0.25, 0.3) is 0 Å². The molecule has 7 nitrogen and oxygen atoms in total. The highest BCUT2D eigenvalue weighted by Crippen LogP contribution is 2.34. The van der Waals surface area contributed by atoms with Gasteiger partial charge >= 0.3 is 12.3 Å². The van der Waals surface area contributed by atoms with Crippen molar-refractivity contribution < 1.29 is 27.5 Å². The third-order valence-electron chi connectivity index (χ3n) is 3.11. The number of carbonyl (C=O) groups excluding carboxylic acids is 2. The molecule has 128 valence electrons. The van der Waals surface area contributed by atoms with Crippen LogP contribution in [0.1, 0.15) is 32.3 Å². The molecule has 0 unspecified atom stereocenters. The van der Waals surface area contributed by atoms with Gasteiger partial charge in [-0.2, -0.15) is 13.2 Å². The number of alkyl halides is 3. The molecular formula is C13H17F3N4O3. The Balaban J connectivity index is 2.31. The molecule has 0 fully saturated rings. The van der Waals surface area contributed by atoms with Crippen molar-refractivity contribution in [1.82, 2.24) is 14.5 Å². The Hall–Kier alpha value is -2.26. The van der Waals surface area contributed by atoms with E-state index in [0.29, 0.717) is 0 Å². The predicted molar refractivity (Wildman–Crippen MR) is 73.6 cm³/mol. The zero-order valence-electron chi connectivity index (χ0n) is 12.9. The molecule has 0 atom stereocenters. The minimum atomic E-state index is -4.65. The zero-order chi connectivity index (χ0) is 17.4. The molecule has 2 rings (SSSR count). The Morgan fingerprint density at radius 3 is 2.48 bits per heavy atom. The summed E-state index contributed by atoms with van der Waals surface area (Å²) in [6.07, 6.45) is -5.03. The summed E-state index contributed by atoms with van der Waals surface area (Å²) in [7, 11) is 0. The number of nitrogens with zero attached hydrogens (tertiary/aromatic N) is 3. The summed E-state index contributed by atoms with van der Waals surface area (Å²) in [5, 5.41) is 2.14. The van der Waals surface area contributed by atoms with Crippen LogP contribution in [-0.2, 0) is 28.8 Å². The first-order valence-corrected chi connectivity index (χ1v) is 6.87. The van der Waals surface area contributed by atoms with E-state index in [2.05, 4.69) is 10.3 Å². The third-order valence-corrected chi connectivity index (χ3v) is 3.11. The summed E-state index contributed by atoms with van der Waals surface area (Å²) in [5.74, 6) is -1.30. The number of fused-ring (bicyclic) bond motifs is 1. The molecule has 0 spiro atoms. The van der Waals surface area contributed by atoms with Crippen molar-refractivity contribution in [2.75, 3.05) is 11.9 Å². The highest BCUT2D eigenvalue weighted by Gasteiger charge is 2.41. The van der Waals surface area contributed by atoms with E-state index in [1.54, 1.807) is 20.8 Å². The van der Waals surface area contributed by atoms with Crippen molar-refractivity contribution in [2.45, 2.75) is 45.6 Å². The van der Waals surface area contributed by atoms with Crippen molar-refractivity contribution in [2.24, 2.45) is 0 Å². The smallest absolute Gasteiger partial charge is 0.444 e. The van der Waals surface area contributed by atoms with Crippen LogP contribution in [0.3, 0.4) is 0 Å². The molecule has 1 aliphatic heterocycles. The first-order valence-electron chi connectivity index (χ1n) is 6.87. The summed E-state index contributed by atoms with van der Waals surface area (Å²) in [6, 6.07) is 0. The molecule has 1 N–H and O–H groups in total. The van der Waals surface area contributed by atoms with Gasteiger partial charge in [-0.15, -0.1) is 0 Å². The highest BCUT2D eigenvalue weighted by molar-refractivity contribution is 5.72. The van der Waals surface area contributed by atoms with E-state index in [9.17, 15) is 22.8 Å². The fraction of sp³-hybridized carbons (Fsp3) is 0.615. The number of rotatable bonds is 2. The molecule has 1 aliphatic rings. The normalized spacial score (nSPS) is 15.1. The average molecular weight is 334 g/mol. The second kappa shape index (κ2) is 5.74. The van der Waals surface area contributed by atoms with Gasteiger partial charge in [-0.05, 0) is 20.8 Å². The molecule has 23 heavy (non-hydrogen) atoms. The van der Waals surface area contributed by atoms with Gasteiger partial charge in [0.1, 0.15) is 5.60 Å². The Kier molecular flexibility index (Phi) is 4.27. The van der Waals surface area contributed by atoms with Gasteiger partial charge in [0.15, 0.2) is 5.82 Å². The maximum Gasteiger partial charge on any atom is 0.449 e. The maximum absolute atomic E-state index is 13.0. The number of ether oxygens (including phenoxy) is 1. The molecule has 0 radical (unpaired) electrons. The lowest BCUT2D eigenvalue weighted by atomic mass is 10.2. The predicted octanol–water partition coefficient (Wildman–Crippen LogP) is 2.22. The average Bonchev–Trinajstić information content (AvgIpc) is 2.75. The lowest BCUT2D eigenvalue weighted by Gasteiger charge is -2.31. The van der Waals surface area contributed by atoms with E-state index in [1.165, 1.54) is 4.90 Å². The highest BCUT2D eigenvalue weighted by atomic mass is 19.4. The number of halogens is 3. The molecule has 2 heterocycles. The van der Waals surface area contributed by atoms with Gasteiger partial charge in [0.05, 0.1) is 12.2 Å². The summed E-state index contributed by atoms with van der Waals surface area (Å²) in [4.78, 5) is 27.3. The van der Waals surface area contributed by atoms with Gasteiger partial charge in [-0.3, -0.25) is 4.79 Å². The molecule has 0 saturated carbocycles. The Labute approximate surface area is 130 Å². The van der Waals surface area contributed by atoms with Crippen molar-refractivity contribution >= 4 is 18.3 Å². The van der Waals surface area contributed by atoms with Crippen LogP contribution in [0.15, 0.2) is 0 Å². The van der Waals surface area contributed by atoms with Crippen LogP contribution in [-0.4, -0.2) is 39.1 Å². The second-order valence-corrected chi connectivity index (χ2v) is 6.04. The van der Waals surface area contributed by atoms with E-state index in [1.807, 2.05) is 0 Å². The number of aromatic nitrogens is 2. The van der Waals surface area contributed by atoms with Crippen LogP contribution in [0.5, 0.6) is 0 Å². The van der Waals surface area contributed by atoms with Gasteiger partial charge in [-0.25, -0.2) is 9.78 Å². The van der Waals surface area contributed by atoms with Crippen molar-refractivity contribution in [3.8, 4) is 0 Å². The number of amides is 2. The third kappa shape index (κ3) is 3.74. The molecule has 2 amide bonds. The fourth-order valence-corrected chi connectivity index (χ4v) is 2.24. The number of imidazole rings is 1. The zero-order valence-corrected chi connectivity index (χ0v) is 12.9. The molecule has 0 bridgehead atoms. The van der Waals surface area contributed by atoms with E-state index in [0.717, 1.165) is 4.57 Å². The van der Waals surface area contributed by atoms with E-state index >= 15 is 0 Å². The second-order valence-electron chi connectivity index (χ2n) is 6.04. The summed E-state index contributed by atoms with van der Waals surface area (Å²) in [5.41, 5.74) is -0.600. The van der Waals surface area contributed by atoms with Crippen LogP contribution in [0.25, 0.3) is 0 Å². The Morgan fingerprint density at radius 2 is 1.96 bits per heavy atom. The van der Waals surface area contributed by atoms with Crippen molar-refractivity contribution in [3.63, 3.8) is 0 Å². The number of hydrogen-bond donors (Lipinski definition) is 1.